The summed E-state index contributed by atoms with van der Waals surface area (Å²) in [5, 5.41) is 8.86. The Bertz CT molecular complexity index is 1260. The molecule has 0 aliphatic heterocycles. The van der Waals surface area contributed by atoms with Crippen molar-refractivity contribution in [2.24, 2.45) is 5.92 Å². The largest absolute Gasteiger partial charge is 0.497 e. The zero-order valence-corrected chi connectivity index (χ0v) is 17.2. The Morgan fingerprint density at radius 1 is 1.00 bits per heavy atom. The highest BCUT2D eigenvalue weighted by atomic mass is 32.2. The highest BCUT2D eigenvalue weighted by Crippen LogP contribution is 2.55. The molecule has 1 fully saturated rings. The molecular weight excluding hydrogens is 465 g/mol. The van der Waals surface area contributed by atoms with E-state index in [1.807, 2.05) is 0 Å². The van der Waals surface area contributed by atoms with Crippen LogP contribution in [0.25, 0.3) is 0 Å². The number of nitrogens with zero attached hydrogens (tertiary/aromatic N) is 1. The summed E-state index contributed by atoms with van der Waals surface area (Å²) < 4.78 is 114. The van der Waals surface area contributed by atoms with Crippen molar-refractivity contribution in [1.82, 2.24) is 0 Å². The lowest BCUT2D eigenvalue weighted by molar-refractivity contribution is -0.0442. The number of sulfone groups is 2. The lowest BCUT2D eigenvalue weighted by Crippen LogP contribution is -2.51. The zero-order chi connectivity index (χ0) is 23.2. The van der Waals surface area contributed by atoms with Crippen molar-refractivity contribution < 1.29 is 38.8 Å². The Labute approximate surface area is 175 Å². The Morgan fingerprint density at radius 3 is 2.10 bits per heavy atom. The molecule has 0 N–H and O–H groups in total. The standard InChI is InChI=1S/C19H14F5NO4S2/c20-14-3-6-17(21)16(7-14)18(8-13(9-18)11-30(26,27)19(22,23)24)31(28,29)15-4-1-12(10-25)2-5-15/h1-7,13H,8-9,11H2. The molecule has 0 spiro atoms. The summed E-state index contributed by atoms with van der Waals surface area (Å²) in [6.45, 7) is 0. The molecule has 2 aromatic rings. The van der Waals surface area contributed by atoms with E-state index in [2.05, 4.69) is 0 Å². The van der Waals surface area contributed by atoms with Gasteiger partial charge in [-0.1, -0.05) is 0 Å². The van der Waals surface area contributed by atoms with Crippen molar-refractivity contribution in [3.63, 3.8) is 0 Å². The number of hydrogen-bond acceptors (Lipinski definition) is 5. The quantitative estimate of drug-likeness (QED) is 0.608. The molecule has 166 valence electrons. The number of rotatable bonds is 5. The van der Waals surface area contributed by atoms with Crippen LogP contribution in [-0.2, 0) is 24.4 Å². The van der Waals surface area contributed by atoms with Crippen molar-refractivity contribution in [1.29, 1.82) is 5.26 Å². The molecule has 0 unspecified atom stereocenters. The van der Waals surface area contributed by atoms with Crippen LogP contribution in [0.15, 0.2) is 47.4 Å². The Kier molecular flexibility index (Phi) is 5.65. The minimum absolute atomic E-state index is 0.132. The molecule has 0 heterocycles. The molecule has 0 amide bonds. The molecule has 0 atom stereocenters. The van der Waals surface area contributed by atoms with Gasteiger partial charge >= 0.3 is 5.51 Å². The molecule has 1 aliphatic rings. The first kappa shape index (κ1) is 23.1. The fraction of sp³-hybridized carbons (Fsp3) is 0.316. The van der Waals surface area contributed by atoms with Crippen LogP contribution in [0.3, 0.4) is 0 Å². The predicted molar refractivity (Wildman–Crippen MR) is 98.9 cm³/mol. The van der Waals surface area contributed by atoms with Crippen LogP contribution in [0.1, 0.15) is 24.0 Å². The van der Waals surface area contributed by atoms with Gasteiger partial charge in [0.25, 0.3) is 0 Å². The van der Waals surface area contributed by atoms with Crippen molar-refractivity contribution in [2.75, 3.05) is 5.75 Å². The molecule has 0 saturated heterocycles. The lowest BCUT2D eigenvalue weighted by Gasteiger charge is -2.47. The Balaban J connectivity index is 2.08. The molecule has 2 aromatic carbocycles. The van der Waals surface area contributed by atoms with E-state index in [4.69, 9.17) is 5.26 Å². The number of nitriles is 1. The van der Waals surface area contributed by atoms with Gasteiger partial charge in [0.2, 0.25) is 9.84 Å². The number of benzene rings is 2. The van der Waals surface area contributed by atoms with Gasteiger partial charge in [-0.15, -0.1) is 0 Å². The van der Waals surface area contributed by atoms with E-state index in [1.54, 1.807) is 6.07 Å². The summed E-state index contributed by atoms with van der Waals surface area (Å²) in [5.41, 5.74) is -5.97. The molecule has 0 aromatic heterocycles. The molecule has 1 saturated carbocycles. The van der Waals surface area contributed by atoms with Crippen molar-refractivity contribution in [3.05, 3.63) is 65.2 Å². The van der Waals surface area contributed by atoms with Crippen LogP contribution >= 0.6 is 0 Å². The molecule has 12 heteroatoms. The molecule has 3 rings (SSSR count). The minimum Gasteiger partial charge on any atom is -0.223 e. The van der Waals surface area contributed by atoms with E-state index >= 15 is 0 Å². The van der Waals surface area contributed by atoms with Crippen molar-refractivity contribution >= 4 is 19.7 Å². The second-order valence-corrected chi connectivity index (χ2v) is 11.5. The predicted octanol–water partition coefficient (Wildman–Crippen LogP) is 3.85. The van der Waals surface area contributed by atoms with Gasteiger partial charge < -0.3 is 0 Å². The summed E-state index contributed by atoms with van der Waals surface area (Å²) in [5.74, 6) is -4.65. The van der Waals surface area contributed by atoms with Crippen molar-refractivity contribution in [2.45, 2.75) is 28.0 Å². The summed E-state index contributed by atoms with van der Waals surface area (Å²) in [6.07, 6.45) is -1.30. The van der Waals surface area contributed by atoms with Crippen LogP contribution in [0.4, 0.5) is 22.0 Å². The van der Waals surface area contributed by atoms with Gasteiger partial charge in [0.1, 0.15) is 16.4 Å². The van der Waals surface area contributed by atoms with Gasteiger partial charge in [0.05, 0.1) is 22.3 Å². The van der Waals surface area contributed by atoms with Gasteiger partial charge in [0, 0.05) is 5.56 Å². The molecule has 31 heavy (non-hydrogen) atoms. The minimum atomic E-state index is -5.53. The van der Waals surface area contributed by atoms with Crippen LogP contribution in [0, 0.1) is 28.9 Å². The smallest absolute Gasteiger partial charge is 0.223 e. The lowest BCUT2D eigenvalue weighted by atomic mass is 9.71. The molecule has 0 bridgehead atoms. The van der Waals surface area contributed by atoms with E-state index in [0.29, 0.717) is 12.1 Å². The van der Waals surface area contributed by atoms with Gasteiger partial charge in [-0.25, -0.2) is 25.6 Å². The summed E-state index contributed by atoms with van der Waals surface area (Å²) >= 11 is 0. The van der Waals surface area contributed by atoms with E-state index in [-0.39, 0.29) is 10.5 Å². The molecule has 0 radical (unpaired) electrons. The fourth-order valence-electron chi connectivity index (χ4n) is 3.76. The van der Waals surface area contributed by atoms with Gasteiger partial charge in [-0.05, 0) is 61.2 Å². The van der Waals surface area contributed by atoms with E-state index in [9.17, 15) is 38.8 Å². The van der Waals surface area contributed by atoms with Gasteiger partial charge in [-0.3, -0.25) is 0 Å². The van der Waals surface area contributed by atoms with E-state index in [1.165, 1.54) is 12.1 Å². The van der Waals surface area contributed by atoms with Gasteiger partial charge in [-0.2, -0.15) is 18.4 Å². The third-order valence-electron chi connectivity index (χ3n) is 5.27. The highest BCUT2D eigenvalue weighted by Gasteiger charge is 2.59. The van der Waals surface area contributed by atoms with Gasteiger partial charge in [0.15, 0.2) is 9.84 Å². The summed E-state index contributed by atoms with van der Waals surface area (Å²) in [4.78, 5) is -0.354. The molecule has 5 nitrogen and oxygen atoms in total. The van der Waals surface area contributed by atoms with Crippen LogP contribution in [-0.4, -0.2) is 28.1 Å². The van der Waals surface area contributed by atoms with Crippen molar-refractivity contribution in [3.8, 4) is 6.07 Å². The maximum Gasteiger partial charge on any atom is 0.497 e. The third-order valence-corrected chi connectivity index (χ3v) is 9.36. The Hall–Kier alpha value is -2.52. The highest BCUT2D eigenvalue weighted by molar-refractivity contribution is 7.93. The normalized spacial score (nSPS) is 21.9. The van der Waals surface area contributed by atoms with E-state index in [0.717, 1.165) is 18.2 Å². The second kappa shape index (κ2) is 7.56. The van der Waals surface area contributed by atoms with Crippen LogP contribution < -0.4 is 0 Å². The maximum absolute atomic E-state index is 14.5. The summed E-state index contributed by atoms with van der Waals surface area (Å²) in [6, 6.07) is 8.41. The SMILES string of the molecule is N#Cc1ccc(S(=O)(=O)C2(c3cc(F)ccc3F)CC(CS(=O)(=O)C(F)(F)F)C2)cc1. The van der Waals surface area contributed by atoms with E-state index < -0.39 is 71.6 Å². The first-order chi connectivity index (χ1) is 14.2. The topological polar surface area (TPSA) is 92.1 Å². The number of hydrogen-bond donors (Lipinski definition) is 0. The average Bonchev–Trinajstić information content (AvgIpc) is 2.65. The molecular formula is C19H14F5NO4S2. The first-order valence-corrected chi connectivity index (χ1v) is 11.9. The monoisotopic (exact) mass is 479 g/mol. The zero-order valence-electron chi connectivity index (χ0n) is 15.5. The molecule has 1 aliphatic carbocycles. The van der Waals surface area contributed by atoms with Crippen LogP contribution in [0.5, 0.6) is 0 Å². The third kappa shape index (κ3) is 3.92. The number of halogens is 5. The average molecular weight is 479 g/mol. The Morgan fingerprint density at radius 2 is 1.58 bits per heavy atom. The van der Waals surface area contributed by atoms with Crippen LogP contribution in [0.2, 0.25) is 0 Å². The second-order valence-electron chi connectivity index (χ2n) is 7.26. The first-order valence-electron chi connectivity index (χ1n) is 8.73. The summed E-state index contributed by atoms with van der Waals surface area (Å²) in [7, 11) is -10.0. The fourth-order valence-corrected chi connectivity index (χ4v) is 7.11. The maximum atomic E-state index is 14.5. The number of alkyl halides is 3.